The molecule has 0 aliphatic carbocycles. The van der Waals surface area contributed by atoms with E-state index in [9.17, 15) is 4.79 Å². The van der Waals surface area contributed by atoms with Gasteiger partial charge in [-0.05, 0) is 52.5 Å². The van der Waals surface area contributed by atoms with E-state index in [1.165, 1.54) is 0 Å². The fourth-order valence-electron chi connectivity index (χ4n) is 2.61. The van der Waals surface area contributed by atoms with E-state index in [0.717, 1.165) is 25.1 Å². The van der Waals surface area contributed by atoms with Crippen LogP contribution in [0.5, 0.6) is 0 Å². The number of urea groups is 1. The van der Waals surface area contributed by atoms with Gasteiger partial charge in [-0.2, -0.15) is 11.8 Å². The topological polar surface area (TPSA) is 41.6 Å². The van der Waals surface area contributed by atoms with Crippen molar-refractivity contribution in [3.63, 3.8) is 0 Å². The van der Waals surface area contributed by atoms with Crippen LogP contribution < -0.4 is 5.32 Å². The third-order valence-corrected chi connectivity index (χ3v) is 3.73. The van der Waals surface area contributed by atoms with Gasteiger partial charge in [-0.3, -0.25) is 0 Å². The SMILES string of the molecule is CSCCCCNC(=O)N1CC(C)(C)OC(C)(C)C1. The van der Waals surface area contributed by atoms with Crippen LogP contribution in [0.2, 0.25) is 0 Å². The number of ether oxygens (including phenoxy) is 1. The van der Waals surface area contributed by atoms with Gasteiger partial charge in [-0.25, -0.2) is 4.79 Å². The highest BCUT2D eigenvalue weighted by Crippen LogP contribution is 2.27. The maximum atomic E-state index is 12.2. The zero-order valence-corrected chi connectivity index (χ0v) is 13.7. The summed E-state index contributed by atoms with van der Waals surface area (Å²) >= 11 is 1.85. The van der Waals surface area contributed by atoms with Crippen LogP contribution in [0.4, 0.5) is 4.79 Å². The van der Waals surface area contributed by atoms with Crippen molar-refractivity contribution in [2.24, 2.45) is 0 Å². The number of morpholine rings is 1. The van der Waals surface area contributed by atoms with Crippen molar-refractivity contribution in [1.29, 1.82) is 0 Å². The number of rotatable bonds is 5. The second kappa shape index (κ2) is 6.84. The van der Waals surface area contributed by atoms with Gasteiger partial charge in [-0.15, -0.1) is 0 Å². The van der Waals surface area contributed by atoms with Crippen molar-refractivity contribution in [2.75, 3.05) is 31.6 Å². The molecule has 1 aliphatic heterocycles. The maximum Gasteiger partial charge on any atom is 0.317 e. The monoisotopic (exact) mass is 288 g/mol. The second-order valence-electron chi connectivity index (χ2n) is 6.41. The molecule has 0 bridgehead atoms. The molecule has 1 N–H and O–H groups in total. The number of unbranched alkanes of at least 4 members (excludes halogenated alkanes) is 1. The molecule has 0 saturated carbocycles. The van der Waals surface area contributed by atoms with Crippen LogP contribution in [0.15, 0.2) is 0 Å². The number of thioether (sulfide) groups is 1. The standard InChI is InChI=1S/C14H28N2O2S/c1-13(2)10-16(11-14(3,4)18-13)12(17)15-8-6-7-9-19-5/h6-11H2,1-5H3,(H,15,17). The Morgan fingerprint density at radius 1 is 1.21 bits per heavy atom. The van der Waals surface area contributed by atoms with Crippen molar-refractivity contribution in [1.82, 2.24) is 10.2 Å². The zero-order chi connectivity index (χ0) is 14.5. The molecule has 112 valence electrons. The number of nitrogens with one attached hydrogen (secondary N) is 1. The molecule has 1 heterocycles. The van der Waals surface area contributed by atoms with E-state index in [-0.39, 0.29) is 17.2 Å². The lowest BCUT2D eigenvalue weighted by atomic mass is 9.99. The Bertz CT molecular complexity index is 290. The molecule has 0 unspecified atom stereocenters. The molecular formula is C14H28N2O2S. The first-order chi connectivity index (χ1) is 8.76. The number of carbonyl (C=O) groups is 1. The molecule has 0 spiro atoms. The van der Waals surface area contributed by atoms with Gasteiger partial charge in [0.25, 0.3) is 0 Å². The molecule has 5 heteroatoms. The number of hydrogen-bond donors (Lipinski definition) is 1. The minimum absolute atomic E-state index is 0.0357. The lowest BCUT2D eigenvalue weighted by Crippen LogP contribution is -2.60. The summed E-state index contributed by atoms with van der Waals surface area (Å²) in [5.41, 5.74) is -0.560. The van der Waals surface area contributed by atoms with Gasteiger partial charge in [0.05, 0.1) is 24.3 Å². The molecule has 2 amide bonds. The van der Waals surface area contributed by atoms with E-state index in [0.29, 0.717) is 13.1 Å². The fourth-order valence-corrected chi connectivity index (χ4v) is 3.10. The van der Waals surface area contributed by atoms with Gasteiger partial charge in [0, 0.05) is 6.54 Å². The van der Waals surface area contributed by atoms with E-state index in [2.05, 4.69) is 11.6 Å². The molecular weight excluding hydrogens is 260 g/mol. The summed E-state index contributed by atoms with van der Waals surface area (Å²) in [5.74, 6) is 1.16. The van der Waals surface area contributed by atoms with Gasteiger partial charge >= 0.3 is 6.03 Å². The van der Waals surface area contributed by atoms with Crippen molar-refractivity contribution in [3.05, 3.63) is 0 Å². The molecule has 1 rings (SSSR count). The molecule has 1 saturated heterocycles. The number of carbonyl (C=O) groups excluding carboxylic acids is 1. The summed E-state index contributed by atoms with van der Waals surface area (Å²) in [5, 5.41) is 3.01. The Labute approximate surface area is 121 Å². The number of amides is 2. The summed E-state index contributed by atoms with van der Waals surface area (Å²) < 4.78 is 5.97. The lowest BCUT2D eigenvalue weighted by Gasteiger charge is -2.47. The third kappa shape index (κ3) is 6.04. The Kier molecular flexibility index (Phi) is 5.99. The summed E-state index contributed by atoms with van der Waals surface area (Å²) in [6.07, 6.45) is 4.31. The average molecular weight is 288 g/mol. The second-order valence-corrected chi connectivity index (χ2v) is 7.39. The van der Waals surface area contributed by atoms with Crippen LogP contribution in [0, 0.1) is 0 Å². The third-order valence-electron chi connectivity index (χ3n) is 3.03. The summed E-state index contributed by atoms with van der Waals surface area (Å²) in [7, 11) is 0. The van der Waals surface area contributed by atoms with E-state index in [1.807, 2.05) is 44.4 Å². The molecule has 4 nitrogen and oxygen atoms in total. The predicted octanol–water partition coefficient (Wildman–Crippen LogP) is 2.73. The fraction of sp³-hybridized carbons (Fsp3) is 0.929. The van der Waals surface area contributed by atoms with Gasteiger partial charge in [0.15, 0.2) is 0 Å². The minimum atomic E-state index is -0.280. The molecule has 0 aromatic heterocycles. The van der Waals surface area contributed by atoms with Gasteiger partial charge < -0.3 is 15.0 Å². The predicted molar refractivity (Wildman–Crippen MR) is 81.8 cm³/mol. The molecule has 1 fully saturated rings. The Morgan fingerprint density at radius 3 is 2.32 bits per heavy atom. The summed E-state index contributed by atoms with van der Waals surface area (Å²) in [6.45, 7) is 10.2. The quantitative estimate of drug-likeness (QED) is 0.791. The van der Waals surface area contributed by atoms with E-state index in [1.54, 1.807) is 0 Å². The molecule has 19 heavy (non-hydrogen) atoms. The molecule has 0 aromatic carbocycles. The van der Waals surface area contributed by atoms with Crippen LogP contribution in [-0.2, 0) is 4.74 Å². The minimum Gasteiger partial charge on any atom is -0.366 e. The van der Waals surface area contributed by atoms with Crippen LogP contribution in [0.25, 0.3) is 0 Å². The van der Waals surface area contributed by atoms with Crippen molar-refractivity contribution in [2.45, 2.75) is 51.7 Å². The van der Waals surface area contributed by atoms with Crippen LogP contribution >= 0.6 is 11.8 Å². The Balaban J connectivity index is 2.39. The van der Waals surface area contributed by atoms with Crippen molar-refractivity contribution >= 4 is 17.8 Å². The maximum absolute atomic E-state index is 12.2. The molecule has 1 aliphatic rings. The van der Waals surface area contributed by atoms with E-state index >= 15 is 0 Å². The van der Waals surface area contributed by atoms with Crippen molar-refractivity contribution in [3.8, 4) is 0 Å². The smallest absolute Gasteiger partial charge is 0.317 e. The lowest BCUT2D eigenvalue weighted by molar-refractivity contribution is -0.170. The highest BCUT2D eigenvalue weighted by Gasteiger charge is 2.39. The first-order valence-corrected chi connectivity index (χ1v) is 8.37. The first-order valence-electron chi connectivity index (χ1n) is 6.98. The van der Waals surface area contributed by atoms with Gasteiger partial charge in [0.1, 0.15) is 0 Å². The van der Waals surface area contributed by atoms with E-state index in [4.69, 9.17) is 4.74 Å². The summed E-state index contributed by atoms with van der Waals surface area (Å²) in [6, 6.07) is 0.0357. The highest BCUT2D eigenvalue weighted by atomic mass is 32.2. The van der Waals surface area contributed by atoms with Crippen LogP contribution in [0.1, 0.15) is 40.5 Å². The average Bonchev–Trinajstić information content (AvgIpc) is 2.24. The van der Waals surface area contributed by atoms with Crippen molar-refractivity contribution < 1.29 is 9.53 Å². The zero-order valence-electron chi connectivity index (χ0n) is 12.9. The largest absolute Gasteiger partial charge is 0.366 e. The van der Waals surface area contributed by atoms with E-state index < -0.39 is 0 Å². The number of hydrogen-bond acceptors (Lipinski definition) is 3. The highest BCUT2D eigenvalue weighted by molar-refractivity contribution is 7.98. The normalized spacial score (nSPS) is 21.2. The van der Waals surface area contributed by atoms with Crippen LogP contribution in [-0.4, -0.2) is 53.8 Å². The summed E-state index contributed by atoms with van der Waals surface area (Å²) in [4.78, 5) is 14.0. The molecule has 0 radical (unpaired) electrons. The van der Waals surface area contributed by atoms with Crippen LogP contribution in [0.3, 0.4) is 0 Å². The first kappa shape index (κ1) is 16.6. The molecule has 0 atom stereocenters. The van der Waals surface area contributed by atoms with Gasteiger partial charge in [-0.1, -0.05) is 0 Å². The number of nitrogens with zero attached hydrogens (tertiary/aromatic N) is 1. The van der Waals surface area contributed by atoms with Gasteiger partial charge in [0.2, 0.25) is 0 Å². The Morgan fingerprint density at radius 2 is 1.79 bits per heavy atom. The Hall–Kier alpha value is -0.420. The molecule has 0 aromatic rings.